The number of ether oxygens (including phenoxy) is 1. The van der Waals surface area contributed by atoms with Crippen LogP contribution in [0.1, 0.15) is 0 Å². The average molecular weight is 270 g/mol. The number of benzene rings is 2. The topological polar surface area (TPSA) is 12.5 Å². The Balaban J connectivity index is 1.59. The zero-order valence-corrected chi connectivity index (χ0v) is 11.5. The van der Waals surface area contributed by atoms with Crippen molar-refractivity contribution in [3.8, 4) is 5.75 Å². The fourth-order valence-electron chi connectivity index (χ4n) is 2.20. The first-order valence-corrected chi connectivity index (χ1v) is 7.48. The van der Waals surface area contributed by atoms with E-state index in [2.05, 4.69) is 35.2 Å². The third-order valence-electron chi connectivity index (χ3n) is 3.14. The molecule has 0 saturated carbocycles. The van der Waals surface area contributed by atoms with Crippen LogP contribution in [0.3, 0.4) is 0 Å². The quantitative estimate of drug-likeness (QED) is 0.844. The van der Waals surface area contributed by atoms with Crippen molar-refractivity contribution in [3.63, 3.8) is 0 Å². The lowest BCUT2D eigenvalue weighted by molar-refractivity contribution is 0.324. The van der Waals surface area contributed by atoms with E-state index in [1.807, 2.05) is 36.0 Å². The Morgan fingerprint density at radius 2 is 2.00 bits per heavy atom. The molecule has 0 N–H and O–H groups in total. The fraction of sp³-hybridized carbons (Fsp3) is 0.250. The Labute approximate surface area is 118 Å². The number of anilines is 1. The van der Waals surface area contributed by atoms with Gasteiger partial charge in [0.15, 0.2) is 0 Å². The second kappa shape index (κ2) is 6.02. The number of rotatable bonds is 4. The predicted octanol–water partition coefficient (Wildman–Crippen LogP) is 3.48. The van der Waals surface area contributed by atoms with Gasteiger partial charge in [0.1, 0.15) is 12.4 Å². The Hall–Kier alpha value is -1.61. The van der Waals surface area contributed by atoms with Crippen molar-refractivity contribution in [1.29, 1.82) is 0 Å². The summed E-state index contributed by atoms with van der Waals surface area (Å²) in [5, 5.41) is 0. The molecule has 19 heavy (non-hydrogen) atoms. The van der Waals surface area contributed by atoms with E-state index in [1.54, 1.807) is 0 Å². The number of para-hydroxylation sites is 1. The zero-order chi connectivity index (χ0) is 12.9. The Bertz CT molecular complexity index is 529. The summed E-state index contributed by atoms with van der Waals surface area (Å²) in [6.07, 6.45) is 0. The number of thioether (sulfide) groups is 1. The lowest BCUT2D eigenvalue weighted by atomic mass is 10.3. The maximum absolute atomic E-state index is 5.76. The van der Waals surface area contributed by atoms with Crippen molar-refractivity contribution in [1.82, 2.24) is 0 Å². The lowest BCUT2D eigenvalue weighted by Crippen LogP contribution is -2.32. The van der Waals surface area contributed by atoms with E-state index in [1.165, 1.54) is 10.6 Å². The summed E-state index contributed by atoms with van der Waals surface area (Å²) in [6.45, 7) is 2.73. The summed E-state index contributed by atoms with van der Waals surface area (Å²) >= 11 is 1.94. The zero-order valence-electron chi connectivity index (χ0n) is 10.7. The fourth-order valence-corrected chi connectivity index (χ4v) is 3.25. The molecule has 0 bridgehead atoms. The highest BCUT2D eigenvalue weighted by Crippen LogP contribution is 2.33. The highest BCUT2D eigenvalue weighted by molar-refractivity contribution is 7.99. The van der Waals surface area contributed by atoms with Crippen LogP contribution in [-0.4, -0.2) is 25.4 Å². The molecule has 0 atom stereocenters. The monoisotopic (exact) mass is 270 g/mol. The van der Waals surface area contributed by atoms with Crippen molar-refractivity contribution < 1.29 is 4.74 Å². The van der Waals surface area contributed by atoms with Crippen molar-refractivity contribution in [3.05, 3.63) is 54.6 Å². The minimum atomic E-state index is 0.711. The van der Waals surface area contributed by atoms with Crippen LogP contribution in [0.4, 0.5) is 5.69 Å². The van der Waals surface area contributed by atoms with Gasteiger partial charge in [0.05, 0.1) is 12.2 Å². The average Bonchev–Trinajstić information content (AvgIpc) is 2.49. The van der Waals surface area contributed by atoms with Crippen LogP contribution in [0, 0.1) is 6.07 Å². The molecule has 97 valence electrons. The smallest absolute Gasteiger partial charge is 0.119 e. The van der Waals surface area contributed by atoms with E-state index in [4.69, 9.17) is 4.74 Å². The predicted molar refractivity (Wildman–Crippen MR) is 80.2 cm³/mol. The van der Waals surface area contributed by atoms with Gasteiger partial charge in [-0.2, -0.15) is 0 Å². The van der Waals surface area contributed by atoms with Crippen LogP contribution in [0.15, 0.2) is 53.4 Å². The summed E-state index contributed by atoms with van der Waals surface area (Å²) in [6, 6.07) is 19.2. The molecule has 0 unspecified atom stereocenters. The maximum atomic E-state index is 5.76. The van der Waals surface area contributed by atoms with Crippen molar-refractivity contribution in [2.45, 2.75) is 4.90 Å². The van der Waals surface area contributed by atoms with Crippen LogP contribution >= 0.6 is 11.8 Å². The molecular formula is C16H16NOS. The van der Waals surface area contributed by atoms with Crippen LogP contribution in [0.2, 0.25) is 0 Å². The SMILES string of the molecule is [c]1ccc(OCCN2CCSc3ccccc32)cc1. The first-order valence-electron chi connectivity index (χ1n) is 6.49. The summed E-state index contributed by atoms with van der Waals surface area (Å²) in [4.78, 5) is 3.78. The molecule has 0 saturated heterocycles. The van der Waals surface area contributed by atoms with Crippen LogP contribution in [0.25, 0.3) is 0 Å². The largest absolute Gasteiger partial charge is 0.492 e. The van der Waals surface area contributed by atoms with Crippen LogP contribution in [-0.2, 0) is 0 Å². The highest BCUT2D eigenvalue weighted by Gasteiger charge is 2.16. The molecule has 3 heteroatoms. The van der Waals surface area contributed by atoms with Gasteiger partial charge in [-0.3, -0.25) is 0 Å². The third kappa shape index (κ3) is 3.04. The number of hydrogen-bond acceptors (Lipinski definition) is 3. The first kappa shape index (κ1) is 12.4. The molecule has 2 aromatic rings. The van der Waals surface area contributed by atoms with E-state index in [0.29, 0.717) is 6.61 Å². The molecule has 0 spiro atoms. The Kier molecular flexibility index (Phi) is 3.94. The summed E-state index contributed by atoms with van der Waals surface area (Å²) < 4.78 is 5.76. The molecule has 2 nitrogen and oxygen atoms in total. The minimum Gasteiger partial charge on any atom is -0.492 e. The molecule has 1 radical (unpaired) electrons. The highest BCUT2D eigenvalue weighted by atomic mass is 32.2. The van der Waals surface area contributed by atoms with Gasteiger partial charge in [-0.05, 0) is 30.3 Å². The van der Waals surface area contributed by atoms with E-state index < -0.39 is 0 Å². The van der Waals surface area contributed by atoms with Gasteiger partial charge in [0.2, 0.25) is 0 Å². The molecule has 3 rings (SSSR count). The van der Waals surface area contributed by atoms with E-state index in [0.717, 1.165) is 24.6 Å². The van der Waals surface area contributed by atoms with Crippen molar-refractivity contribution in [2.24, 2.45) is 0 Å². The van der Waals surface area contributed by atoms with Gasteiger partial charge in [0, 0.05) is 17.2 Å². The van der Waals surface area contributed by atoms with Gasteiger partial charge < -0.3 is 9.64 Å². The molecule has 0 aliphatic carbocycles. The number of hydrogen-bond donors (Lipinski definition) is 0. The van der Waals surface area contributed by atoms with Crippen LogP contribution in [0.5, 0.6) is 5.75 Å². The molecule has 1 aliphatic heterocycles. The molecule has 0 aromatic heterocycles. The van der Waals surface area contributed by atoms with E-state index in [9.17, 15) is 0 Å². The van der Waals surface area contributed by atoms with Crippen molar-refractivity contribution >= 4 is 17.4 Å². The normalized spacial score (nSPS) is 14.0. The number of nitrogens with zero attached hydrogens (tertiary/aromatic N) is 1. The molecule has 2 aromatic carbocycles. The van der Waals surface area contributed by atoms with Gasteiger partial charge >= 0.3 is 0 Å². The second-order valence-electron chi connectivity index (χ2n) is 4.39. The van der Waals surface area contributed by atoms with Crippen molar-refractivity contribution in [2.75, 3.05) is 30.3 Å². The standard InChI is InChI=1S/C16H16NOS/c1-2-6-14(7-3-1)18-12-10-17-11-13-19-16-9-5-4-8-15(16)17/h2-9H,10-13H2. The van der Waals surface area contributed by atoms with Gasteiger partial charge in [-0.1, -0.05) is 24.3 Å². The molecule has 1 aliphatic rings. The minimum absolute atomic E-state index is 0.711. The molecule has 0 fully saturated rings. The third-order valence-corrected chi connectivity index (χ3v) is 4.19. The van der Waals surface area contributed by atoms with Crippen LogP contribution < -0.4 is 9.64 Å². The number of fused-ring (bicyclic) bond motifs is 1. The van der Waals surface area contributed by atoms with Gasteiger partial charge in [-0.15, -0.1) is 11.8 Å². The summed E-state index contributed by atoms with van der Waals surface area (Å²) in [5.41, 5.74) is 1.34. The van der Waals surface area contributed by atoms with E-state index in [-0.39, 0.29) is 0 Å². The Morgan fingerprint density at radius 3 is 2.89 bits per heavy atom. The van der Waals surface area contributed by atoms with Gasteiger partial charge in [-0.25, -0.2) is 0 Å². The Morgan fingerprint density at radius 1 is 1.16 bits per heavy atom. The lowest BCUT2D eigenvalue weighted by Gasteiger charge is -2.30. The van der Waals surface area contributed by atoms with Gasteiger partial charge in [0.25, 0.3) is 0 Å². The molecule has 1 heterocycles. The summed E-state index contributed by atoms with van der Waals surface area (Å²) in [7, 11) is 0. The molecule has 0 amide bonds. The summed E-state index contributed by atoms with van der Waals surface area (Å²) in [5.74, 6) is 2.07. The maximum Gasteiger partial charge on any atom is 0.119 e. The molecular weight excluding hydrogens is 254 g/mol. The second-order valence-corrected chi connectivity index (χ2v) is 5.52. The van der Waals surface area contributed by atoms with E-state index >= 15 is 0 Å². The first-order chi connectivity index (χ1) is 9.43.